The van der Waals surface area contributed by atoms with Gasteiger partial charge in [0.25, 0.3) is 0 Å². The second-order valence-electron chi connectivity index (χ2n) is 7.91. The van der Waals surface area contributed by atoms with Gasteiger partial charge in [0, 0.05) is 17.1 Å². The minimum absolute atomic E-state index is 0.253. The minimum atomic E-state index is -0.281. The van der Waals surface area contributed by atoms with Crippen molar-refractivity contribution in [1.82, 2.24) is 20.1 Å². The molecular weight excluding hydrogens is 430 g/mol. The van der Waals surface area contributed by atoms with Gasteiger partial charge in [-0.25, -0.2) is 4.79 Å². The average molecular weight is 458 g/mol. The number of anilines is 1. The van der Waals surface area contributed by atoms with E-state index in [1.165, 1.54) is 16.7 Å². The third kappa shape index (κ3) is 5.62. The van der Waals surface area contributed by atoms with Gasteiger partial charge in [0.15, 0.2) is 11.0 Å². The second-order valence-corrected chi connectivity index (χ2v) is 8.85. The van der Waals surface area contributed by atoms with Crippen LogP contribution >= 0.6 is 11.8 Å². The van der Waals surface area contributed by atoms with Crippen molar-refractivity contribution in [3.8, 4) is 5.69 Å². The topological polar surface area (TPSA) is 71.8 Å². The van der Waals surface area contributed by atoms with Crippen LogP contribution in [0.3, 0.4) is 0 Å². The zero-order valence-corrected chi connectivity index (χ0v) is 19.8. The molecule has 0 bridgehead atoms. The van der Waals surface area contributed by atoms with Crippen molar-refractivity contribution >= 4 is 23.5 Å². The normalized spacial score (nSPS) is 10.8. The summed E-state index contributed by atoms with van der Waals surface area (Å²) in [6, 6.07) is 24.0. The predicted octanol–water partition coefficient (Wildman–Crippen LogP) is 5.81. The Labute approximate surface area is 198 Å². The number of thioether (sulfide) groups is 1. The molecule has 0 saturated heterocycles. The molecule has 0 aliphatic rings. The Bertz CT molecular complexity index is 1250. The van der Waals surface area contributed by atoms with Crippen molar-refractivity contribution in [2.45, 2.75) is 38.2 Å². The van der Waals surface area contributed by atoms with Crippen LogP contribution in [-0.2, 0) is 12.3 Å². The molecule has 3 aromatic carbocycles. The first-order valence-corrected chi connectivity index (χ1v) is 11.8. The van der Waals surface area contributed by atoms with Gasteiger partial charge >= 0.3 is 6.03 Å². The molecule has 33 heavy (non-hydrogen) atoms. The van der Waals surface area contributed by atoms with Crippen molar-refractivity contribution < 1.29 is 4.79 Å². The molecule has 2 N–H and O–H groups in total. The Morgan fingerprint density at radius 2 is 1.58 bits per heavy atom. The fourth-order valence-electron chi connectivity index (χ4n) is 3.41. The van der Waals surface area contributed by atoms with Gasteiger partial charge in [-0.2, -0.15) is 0 Å². The third-order valence-corrected chi connectivity index (χ3v) is 6.39. The number of para-hydroxylation sites is 1. The zero-order chi connectivity index (χ0) is 23.2. The summed E-state index contributed by atoms with van der Waals surface area (Å²) in [5, 5.41) is 15.4. The summed E-state index contributed by atoms with van der Waals surface area (Å²) in [5.74, 6) is 1.46. The maximum atomic E-state index is 12.5. The molecular formula is C26H27N5OS. The van der Waals surface area contributed by atoms with Crippen molar-refractivity contribution in [1.29, 1.82) is 0 Å². The molecule has 4 rings (SSSR count). The van der Waals surface area contributed by atoms with Crippen LogP contribution in [0.25, 0.3) is 5.69 Å². The number of amides is 2. The second kappa shape index (κ2) is 10.4. The lowest BCUT2D eigenvalue weighted by Crippen LogP contribution is -2.29. The number of nitrogens with one attached hydrogen (secondary N) is 2. The first-order valence-electron chi connectivity index (χ1n) is 10.8. The maximum Gasteiger partial charge on any atom is 0.319 e. The van der Waals surface area contributed by atoms with E-state index < -0.39 is 0 Å². The number of hydrogen-bond acceptors (Lipinski definition) is 4. The summed E-state index contributed by atoms with van der Waals surface area (Å²) in [6.07, 6.45) is 0. The summed E-state index contributed by atoms with van der Waals surface area (Å²) < 4.78 is 2.01. The number of aryl methyl sites for hydroxylation is 3. The number of rotatable bonds is 7. The number of carbonyl (C=O) groups excluding carboxylic acids is 1. The van der Waals surface area contributed by atoms with Crippen LogP contribution < -0.4 is 10.6 Å². The highest BCUT2D eigenvalue weighted by molar-refractivity contribution is 7.98. The van der Waals surface area contributed by atoms with Crippen molar-refractivity contribution in [3.05, 3.63) is 101 Å². The molecule has 0 saturated carbocycles. The molecule has 1 aromatic heterocycles. The van der Waals surface area contributed by atoms with E-state index in [4.69, 9.17) is 0 Å². The molecule has 0 unspecified atom stereocenters. The quantitative estimate of drug-likeness (QED) is 0.344. The van der Waals surface area contributed by atoms with E-state index >= 15 is 0 Å². The summed E-state index contributed by atoms with van der Waals surface area (Å²) in [6.45, 7) is 6.39. The van der Waals surface area contributed by atoms with Gasteiger partial charge in [-0.05, 0) is 55.7 Å². The van der Waals surface area contributed by atoms with E-state index in [9.17, 15) is 4.79 Å². The molecule has 0 fully saturated rings. The van der Waals surface area contributed by atoms with Gasteiger partial charge in [-0.15, -0.1) is 10.2 Å². The largest absolute Gasteiger partial charge is 0.331 e. The fourth-order valence-corrected chi connectivity index (χ4v) is 4.46. The number of urea groups is 1. The Balaban J connectivity index is 1.53. The molecule has 6 nitrogen and oxygen atoms in total. The smallest absolute Gasteiger partial charge is 0.319 e. The molecule has 0 spiro atoms. The summed E-state index contributed by atoms with van der Waals surface area (Å²) >= 11 is 1.63. The summed E-state index contributed by atoms with van der Waals surface area (Å²) in [5.41, 5.74) is 6.45. The highest BCUT2D eigenvalue weighted by atomic mass is 32.2. The molecule has 0 aliphatic heterocycles. The van der Waals surface area contributed by atoms with Crippen LogP contribution in [0.15, 0.2) is 78.0 Å². The van der Waals surface area contributed by atoms with E-state index in [1.807, 2.05) is 54.0 Å². The third-order valence-electron chi connectivity index (χ3n) is 5.41. The molecule has 0 atom stereocenters. The Kier molecular flexibility index (Phi) is 7.10. The number of hydrogen-bond donors (Lipinski definition) is 2. The number of aromatic nitrogens is 3. The maximum absolute atomic E-state index is 12.5. The van der Waals surface area contributed by atoms with Crippen LogP contribution in [0.2, 0.25) is 0 Å². The van der Waals surface area contributed by atoms with Crippen molar-refractivity contribution in [3.63, 3.8) is 0 Å². The van der Waals surface area contributed by atoms with E-state index in [0.29, 0.717) is 5.82 Å². The van der Waals surface area contributed by atoms with Crippen molar-refractivity contribution in [2.24, 2.45) is 0 Å². The predicted molar refractivity (Wildman–Crippen MR) is 134 cm³/mol. The Morgan fingerprint density at radius 3 is 2.30 bits per heavy atom. The summed E-state index contributed by atoms with van der Waals surface area (Å²) in [4.78, 5) is 12.5. The van der Waals surface area contributed by atoms with Gasteiger partial charge in [0.2, 0.25) is 0 Å². The number of benzene rings is 3. The standard InChI is InChI=1S/C26H27N5OS/c1-18-12-14-22(15-13-18)31-24(16-27-25(32)28-23-11-7-5-9-20(23)3)29-30-26(31)33-17-21-10-6-4-8-19(21)2/h4-15H,16-17H2,1-3H3,(H2,27,28,32). The lowest BCUT2D eigenvalue weighted by atomic mass is 10.1. The molecule has 1 heterocycles. The number of nitrogens with zero attached hydrogens (tertiary/aromatic N) is 3. The van der Waals surface area contributed by atoms with E-state index in [2.05, 4.69) is 65.0 Å². The highest BCUT2D eigenvalue weighted by Gasteiger charge is 2.16. The Hall–Kier alpha value is -3.58. The van der Waals surface area contributed by atoms with Crippen LogP contribution in [0.4, 0.5) is 10.5 Å². The first kappa shape index (κ1) is 22.6. The Morgan fingerprint density at radius 1 is 0.879 bits per heavy atom. The van der Waals surface area contributed by atoms with Crippen LogP contribution in [-0.4, -0.2) is 20.8 Å². The SMILES string of the molecule is Cc1ccc(-n2c(CNC(=O)Nc3ccccc3C)nnc2SCc2ccccc2C)cc1. The fraction of sp³-hybridized carbons (Fsp3) is 0.192. The van der Waals surface area contributed by atoms with Crippen LogP contribution in [0.5, 0.6) is 0 Å². The van der Waals surface area contributed by atoms with Crippen LogP contribution in [0.1, 0.15) is 28.1 Å². The monoisotopic (exact) mass is 457 g/mol. The molecule has 7 heteroatoms. The van der Waals surface area contributed by atoms with Gasteiger partial charge in [-0.3, -0.25) is 4.57 Å². The van der Waals surface area contributed by atoms with E-state index in [0.717, 1.165) is 27.8 Å². The zero-order valence-electron chi connectivity index (χ0n) is 19.0. The van der Waals surface area contributed by atoms with Gasteiger partial charge in [0.05, 0.1) is 6.54 Å². The van der Waals surface area contributed by atoms with Gasteiger partial charge in [-0.1, -0.05) is 71.9 Å². The highest BCUT2D eigenvalue weighted by Crippen LogP contribution is 2.26. The van der Waals surface area contributed by atoms with Crippen molar-refractivity contribution in [2.75, 3.05) is 5.32 Å². The minimum Gasteiger partial charge on any atom is -0.331 e. The molecule has 2 amide bonds. The van der Waals surface area contributed by atoms with E-state index in [-0.39, 0.29) is 12.6 Å². The average Bonchev–Trinajstić information content (AvgIpc) is 3.22. The molecule has 4 aromatic rings. The summed E-state index contributed by atoms with van der Waals surface area (Å²) in [7, 11) is 0. The lowest BCUT2D eigenvalue weighted by molar-refractivity contribution is 0.251. The first-order chi connectivity index (χ1) is 16.0. The van der Waals surface area contributed by atoms with Gasteiger partial charge in [0.1, 0.15) is 0 Å². The number of carbonyl (C=O) groups is 1. The molecule has 168 valence electrons. The molecule has 0 radical (unpaired) electrons. The lowest BCUT2D eigenvalue weighted by Gasteiger charge is -2.13. The van der Waals surface area contributed by atoms with E-state index in [1.54, 1.807) is 11.8 Å². The van der Waals surface area contributed by atoms with Gasteiger partial charge < -0.3 is 10.6 Å². The molecule has 0 aliphatic carbocycles. The van der Waals surface area contributed by atoms with Crippen LogP contribution in [0, 0.1) is 20.8 Å².